The fraction of sp³-hybridized carbons (Fsp3) is 0.409. The summed E-state index contributed by atoms with van der Waals surface area (Å²) in [6.45, 7) is 6.67. The van der Waals surface area contributed by atoms with E-state index < -0.39 is 0 Å². The Balaban J connectivity index is 1.53. The lowest BCUT2D eigenvalue weighted by molar-refractivity contribution is 0.173. The molecule has 3 aromatic rings. The molecule has 29 heavy (non-hydrogen) atoms. The number of aromatic nitrogens is 3. The lowest BCUT2D eigenvalue weighted by Crippen LogP contribution is -2.46. The summed E-state index contributed by atoms with van der Waals surface area (Å²) in [5, 5.41) is 5.91. The highest BCUT2D eigenvalue weighted by atomic mass is 19.1. The average molecular weight is 392 g/mol. The summed E-state index contributed by atoms with van der Waals surface area (Å²) in [5.74, 6) is -0.250. The Morgan fingerprint density at radius 3 is 2.69 bits per heavy atom. The number of rotatable bonds is 2. The van der Waals surface area contributed by atoms with Crippen LogP contribution in [0.15, 0.2) is 29.4 Å². The number of hydrogen-bond donors (Lipinski definition) is 0. The van der Waals surface area contributed by atoms with E-state index in [2.05, 4.69) is 26.9 Å². The van der Waals surface area contributed by atoms with Gasteiger partial charge in [0.25, 0.3) is 0 Å². The molecular formula is C22H25FN6. The topological polar surface area (TPSA) is 49.0 Å². The van der Waals surface area contributed by atoms with Gasteiger partial charge in [-0.15, -0.1) is 0 Å². The van der Waals surface area contributed by atoms with Crippen molar-refractivity contribution in [3.8, 4) is 11.3 Å². The molecule has 7 heteroatoms. The third-order valence-corrected chi connectivity index (χ3v) is 5.99. The van der Waals surface area contributed by atoms with Crippen LogP contribution in [0.5, 0.6) is 0 Å². The maximum absolute atomic E-state index is 15.1. The van der Waals surface area contributed by atoms with Gasteiger partial charge in [-0.25, -0.2) is 13.9 Å². The van der Waals surface area contributed by atoms with Gasteiger partial charge < -0.3 is 9.80 Å². The number of hydrogen-bond acceptors (Lipinski definition) is 5. The Labute approximate surface area is 169 Å². The van der Waals surface area contributed by atoms with Crippen LogP contribution in [0, 0.1) is 19.7 Å². The highest BCUT2D eigenvalue weighted by molar-refractivity contribution is 5.63. The van der Waals surface area contributed by atoms with Crippen LogP contribution < -0.4 is 10.6 Å². The monoisotopic (exact) mass is 392 g/mol. The largest absolute Gasteiger partial charge is 0.355 e. The van der Waals surface area contributed by atoms with Crippen LogP contribution in [0.3, 0.4) is 0 Å². The summed E-state index contributed by atoms with van der Waals surface area (Å²) in [5.41, 5.74) is 4.21. The third-order valence-electron chi connectivity index (χ3n) is 5.99. The number of nitrogens with zero attached hydrogens (tertiary/aromatic N) is 6. The summed E-state index contributed by atoms with van der Waals surface area (Å²) in [6.07, 6.45) is 6.02. The van der Waals surface area contributed by atoms with Crippen LogP contribution in [0.1, 0.15) is 24.1 Å². The minimum absolute atomic E-state index is 0.250. The lowest BCUT2D eigenvalue weighted by Gasteiger charge is -2.36. The zero-order valence-electron chi connectivity index (χ0n) is 17.1. The second-order valence-electron chi connectivity index (χ2n) is 8.23. The molecule has 0 amide bonds. The number of imidazole rings is 1. The summed E-state index contributed by atoms with van der Waals surface area (Å²) in [4.78, 5) is 13.7. The number of aryl methyl sites for hydroxylation is 2. The first-order chi connectivity index (χ1) is 14.0. The maximum Gasteiger partial charge on any atom is 0.156 e. The Morgan fingerprint density at radius 2 is 1.90 bits per heavy atom. The zero-order chi connectivity index (χ0) is 20.1. The Morgan fingerprint density at radius 1 is 1.10 bits per heavy atom. The minimum atomic E-state index is -0.250. The van der Waals surface area contributed by atoms with Gasteiger partial charge in [-0.3, -0.25) is 4.99 Å². The molecule has 0 spiro atoms. The highest BCUT2D eigenvalue weighted by Gasteiger charge is 2.22. The van der Waals surface area contributed by atoms with Crippen molar-refractivity contribution in [3.63, 3.8) is 0 Å². The van der Waals surface area contributed by atoms with Gasteiger partial charge in [-0.05, 0) is 70.6 Å². The molecule has 0 aliphatic carbocycles. The van der Waals surface area contributed by atoms with E-state index in [4.69, 9.17) is 4.99 Å². The van der Waals surface area contributed by atoms with Gasteiger partial charge in [0, 0.05) is 17.8 Å². The van der Waals surface area contributed by atoms with E-state index in [1.54, 1.807) is 10.6 Å². The van der Waals surface area contributed by atoms with Crippen LogP contribution in [0.25, 0.3) is 23.1 Å². The number of likely N-dealkylation sites (tertiary alicyclic amines) is 1. The smallest absolute Gasteiger partial charge is 0.156 e. The van der Waals surface area contributed by atoms with E-state index in [0.717, 1.165) is 54.1 Å². The SMILES string of the molecule is Cc1cn2nc(-c3cc(F)c4c(c3)=NCN(C3CCN(C)CC3)C=4)cc(C)c2n1. The molecule has 2 aromatic heterocycles. The van der Waals surface area contributed by atoms with E-state index in [0.29, 0.717) is 23.3 Å². The van der Waals surface area contributed by atoms with Crippen molar-refractivity contribution in [2.45, 2.75) is 32.7 Å². The molecule has 1 aromatic carbocycles. The van der Waals surface area contributed by atoms with Gasteiger partial charge in [0.05, 0.1) is 28.2 Å². The van der Waals surface area contributed by atoms with E-state index in [-0.39, 0.29) is 5.82 Å². The molecule has 1 saturated heterocycles. The standard InChI is InChI=1S/C22H25FN6/c1-14-8-20(26-29-11-15(2)25-22(14)29)16-9-19(23)18-12-28(13-24-21(18)10-16)17-4-6-27(3)7-5-17/h8-12,17H,4-7,13H2,1-3H3. The van der Waals surface area contributed by atoms with Gasteiger partial charge >= 0.3 is 0 Å². The van der Waals surface area contributed by atoms with Crippen molar-refractivity contribution in [2.75, 3.05) is 26.8 Å². The molecule has 6 nitrogen and oxygen atoms in total. The van der Waals surface area contributed by atoms with Gasteiger partial charge in [-0.2, -0.15) is 5.10 Å². The molecule has 0 atom stereocenters. The van der Waals surface area contributed by atoms with Crippen LogP contribution in [-0.4, -0.2) is 57.2 Å². The molecule has 0 N–H and O–H groups in total. The summed E-state index contributed by atoms with van der Waals surface area (Å²) in [6, 6.07) is 5.90. The molecule has 0 saturated carbocycles. The predicted molar refractivity (Wildman–Crippen MR) is 110 cm³/mol. The minimum Gasteiger partial charge on any atom is -0.355 e. The Kier molecular flexibility index (Phi) is 4.35. The molecule has 4 heterocycles. The Bertz CT molecular complexity index is 1210. The zero-order valence-corrected chi connectivity index (χ0v) is 17.1. The molecule has 5 rings (SSSR count). The number of halogens is 1. The molecule has 2 aliphatic rings. The molecule has 0 unspecified atom stereocenters. The van der Waals surface area contributed by atoms with E-state index in [9.17, 15) is 0 Å². The maximum atomic E-state index is 15.1. The molecule has 1 fully saturated rings. The summed E-state index contributed by atoms with van der Waals surface area (Å²) < 4.78 is 16.8. The predicted octanol–water partition coefficient (Wildman–Crippen LogP) is 1.88. The average Bonchev–Trinajstić information content (AvgIpc) is 3.09. The first kappa shape index (κ1) is 18.2. The second kappa shape index (κ2) is 6.91. The van der Waals surface area contributed by atoms with E-state index in [1.807, 2.05) is 38.4 Å². The van der Waals surface area contributed by atoms with Crippen molar-refractivity contribution >= 4 is 11.8 Å². The van der Waals surface area contributed by atoms with Crippen LogP contribution in [0.2, 0.25) is 0 Å². The third kappa shape index (κ3) is 3.29. The van der Waals surface area contributed by atoms with E-state index >= 15 is 4.39 Å². The van der Waals surface area contributed by atoms with Crippen LogP contribution >= 0.6 is 0 Å². The fourth-order valence-electron chi connectivity index (χ4n) is 4.31. The first-order valence-electron chi connectivity index (χ1n) is 10.1. The summed E-state index contributed by atoms with van der Waals surface area (Å²) in [7, 11) is 2.15. The fourth-order valence-corrected chi connectivity index (χ4v) is 4.31. The number of benzene rings is 1. The van der Waals surface area contributed by atoms with Crippen molar-refractivity contribution in [1.29, 1.82) is 0 Å². The van der Waals surface area contributed by atoms with Crippen molar-refractivity contribution in [3.05, 3.63) is 52.0 Å². The summed E-state index contributed by atoms with van der Waals surface area (Å²) >= 11 is 0. The van der Waals surface area contributed by atoms with Gasteiger partial charge in [0.2, 0.25) is 0 Å². The molecule has 150 valence electrons. The normalized spacial score (nSPS) is 17.9. The van der Waals surface area contributed by atoms with E-state index in [1.165, 1.54) is 0 Å². The van der Waals surface area contributed by atoms with Crippen LogP contribution in [-0.2, 0) is 0 Å². The lowest BCUT2D eigenvalue weighted by atomic mass is 10.0. The van der Waals surface area contributed by atoms with Crippen molar-refractivity contribution in [2.24, 2.45) is 4.99 Å². The molecule has 2 aliphatic heterocycles. The number of piperidine rings is 1. The molecular weight excluding hydrogens is 367 g/mol. The van der Waals surface area contributed by atoms with Crippen molar-refractivity contribution in [1.82, 2.24) is 24.4 Å². The molecule has 0 radical (unpaired) electrons. The quantitative estimate of drug-likeness (QED) is 0.668. The van der Waals surface area contributed by atoms with Crippen molar-refractivity contribution < 1.29 is 4.39 Å². The highest BCUT2D eigenvalue weighted by Crippen LogP contribution is 2.20. The Hall–Kier alpha value is -2.80. The second-order valence-corrected chi connectivity index (χ2v) is 8.23. The van der Waals surface area contributed by atoms with Gasteiger partial charge in [0.1, 0.15) is 12.5 Å². The molecule has 0 bridgehead atoms. The first-order valence-corrected chi connectivity index (χ1v) is 10.1. The van der Waals surface area contributed by atoms with Gasteiger partial charge in [0.15, 0.2) is 5.65 Å². The van der Waals surface area contributed by atoms with Gasteiger partial charge in [-0.1, -0.05) is 0 Å². The number of fused-ring (bicyclic) bond motifs is 2. The van der Waals surface area contributed by atoms with Crippen LogP contribution in [0.4, 0.5) is 4.39 Å².